The topological polar surface area (TPSA) is 26.3 Å². The summed E-state index contributed by atoms with van der Waals surface area (Å²) in [4.78, 5) is 11.6. The van der Waals surface area contributed by atoms with Gasteiger partial charge in [0, 0.05) is 0 Å². The lowest BCUT2D eigenvalue weighted by Gasteiger charge is -2.18. The minimum atomic E-state index is -0.0128. The van der Waals surface area contributed by atoms with Gasteiger partial charge in [-0.25, -0.2) is 0 Å². The molecule has 0 aliphatic heterocycles. The molecule has 75 valence electrons. The summed E-state index contributed by atoms with van der Waals surface area (Å²) in [6.45, 7) is 7.66. The fourth-order valence-electron chi connectivity index (χ4n) is 2.01. The van der Waals surface area contributed by atoms with Gasteiger partial charge >= 0.3 is 5.97 Å². The van der Waals surface area contributed by atoms with E-state index in [1.54, 1.807) is 0 Å². The molecule has 2 unspecified atom stereocenters. The molecule has 13 heavy (non-hydrogen) atoms. The van der Waals surface area contributed by atoms with Gasteiger partial charge in [0.25, 0.3) is 0 Å². The summed E-state index contributed by atoms with van der Waals surface area (Å²) >= 11 is 0. The van der Waals surface area contributed by atoms with Crippen molar-refractivity contribution in [2.75, 3.05) is 0 Å². The SMILES string of the molecule is [CH2]CC1CCCC1C(=O)OC(C)C. The lowest BCUT2D eigenvalue weighted by atomic mass is 9.94. The predicted molar refractivity (Wildman–Crippen MR) is 52.0 cm³/mol. The highest BCUT2D eigenvalue weighted by molar-refractivity contribution is 5.73. The second-order valence-corrected chi connectivity index (χ2v) is 4.07. The Kier molecular flexibility index (Phi) is 3.76. The molecule has 1 radical (unpaired) electrons. The first-order valence-corrected chi connectivity index (χ1v) is 5.15. The van der Waals surface area contributed by atoms with Crippen LogP contribution in [-0.4, -0.2) is 12.1 Å². The van der Waals surface area contributed by atoms with Gasteiger partial charge in [0.15, 0.2) is 0 Å². The van der Waals surface area contributed by atoms with Crippen LogP contribution >= 0.6 is 0 Å². The Morgan fingerprint density at radius 1 is 1.54 bits per heavy atom. The van der Waals surface area contributed by atoms with Crippen molar-refractivity contribution in [1.82, 2.24) is 0 Å². The number of ether oxygens (including phenoxy) is 1. The number of hydrogen-bond donors (Lipinski definition) is 0. The molecule has 0 bridgehead atoms. The third-order valence-electron chi connectivity index (χ3n) is 2.68. The van der Waals surface area contributed by atoms with Gasteiger partial charge in [-0.2, -0.15) is 0 Å². The molecule has 1 rings (SSSR count). The van der Waals surface area contributed by atoms with E-state index in [4.69, 9.17) is 4.74 Å². The number of carbonyl (C=O) groups excluding carboxylic acids is 1. The van der Waals surface area contributed by atoms with Crippen molar-refractivity contribution < 1.29 is 9.53 Å². The van der Waals surface area contributed by atoms with E-state index in [0.29, 0.717) is 5.92 Å². The molecule has 2 nitrogen and oxygen atoms in total. The van der Waals surface area contributed by atoms with Gasteiger partial charge in [0.05, 0.1) is 12.0 Å². The van der Waals surface area contributed by atoms with Crippen molar-refractivity contribution in [2.24, 2.45) is 11.8 Å². The summed E-state index contributed by atoms with van der Waals surface area (Å²) in [6, 6.07) is 0. The molecule has 2 atom stereocenters. The Morgan fingerprint density at radius 2 is 2.23 bits per heavy atom. The van der Waals surface area contributed by atoms with Gasteiger partial charge < -0.3 is 4.74 Å². The first-order valence-electron chi connectivity index (χ1n) is 5.15. The summed E-state index contributed by atoms with van der Waals surface area (Å²) in [5.74, 6) is 0.576. The van der Waals surface area contributed by atoms with Crippen LogP contribution in [0, 0.1) is 18.8 Å². The lowest BCUT2D eigenvalue weighted by Crippen LogP contribution is -2.23. The molecule has 0 aromatic rings. The molecule has 1 aliphatic carbocycles. The molecule has 0 spiro atoms. The van der Waals surface area contributed by atoms with Crippen LogP contribution in [0.4, 0.5) is 0 Å². The molecule has 0 N–H and O–H groups in total. The Labute approximate surface area is 80.7 Å². The quantitative estimate of drug-likeness (QED) is 0.629. The molecule has 1 saturated carbocycles. The zero-order valence-corrected chi connectivity index (χ0v) is 8.58. The summed E-state index contributed by atoms with van der Waals surface area (Å²) in [5, 5.41) is 0. The van der Waals surface area contributed by atoms with Crippen LogP contribution in [0.25, 0.3) is 0 Å². The minimum Gasteiger partial charge on any atom is -0.463 e. The van der Waals surface area contributed by atoms with Crippen molar-refractivity contribution in [3.05, 3.63) is 6.92 Å². The first kappa shape index (κ1) is 10.6. The van der Waals surface area contributed by atoms with Gasteiger partial charge in [-0.3, -0.25) is 4.79 Å². The average Bonchev–Trinajstić information content (AvgIpc) is 2.49. The van der Waals surface area contributed by atoms with Gasteiger partial charge in [0.2, 0.25) is 0 Å². The smallest absolute Gasteiger partial charge is 0.309 e. The van der Waals surface area contributed by atoms with E-state index < -0.39 is 0 Å². The van der Waals surface area contributed by atoms with Crippen molar-refractivity contribution in [1.29, 1.82) is 0 Å². The molecule has 0 amide bonds. The fourth-order valence-corrected chi connectivity index (χ4v) is 2.01. The number of hydrogen-bond acceptors (Lipinski definition) is 2. The van der Waals surface area contributed by atoms with Crippen LogP contribution in [0.2, 0.25) is 0 Å². The van der Waals surface area contributed by atoms with Gasteiger partial charge in [-0.1, -0.05) is 13.3 Å². The fraction of sp³-hybridized carbons (Fsp3) is 0.818. The normalized spacial score (nSPS) is 28.0. The van der Waals surface area contributed by atoms with Crippen LogP contribution in [0.15, 0.2) is 0 Å². The Bertz CT molecular complexity index is 175. The molecule has 1 fully saturated rings. The Morgan fingerprint density at radius 3 is 2.77 bits per heavy atom. The number of esters is 1. The summed E-state index contributed by atoms with van der Waals surface area (Å²) < 4.78 is 5.20. The molecule has 0 aromatic carbocycles. The van der Waals surface area contributed by atoms with Crippen LogP contribution in [-0.2, 0) is 9.53 Å². The van der Waals surface area contributed by atoms with Gasteiger partial charge in [-0.15, -0.1) is 0 Å². The maximum Gasteiger partial charge on any atom is 0.309 e. The first-order chi connectivity index (χ1) is 6.15. The molecule has 0 heterocycles. The largest absolute Gasteiger partial charge is 0.463 e. The summed E-state index contributed by atoms with van der Waals surface area (Å²) in [6.07, 6.45) is 4.15. The number of rotatable bonds is 3. The minimum absolute atomic E-state index is 0.0126. The summed E-state index contributed by atoms with van der Waals surface area (Å²) in [5.41, 5.74) is 0. The summed E-state index contributed by atoms with van der Waals surface area (Å²) in [7, 11) is 0. The Balaban J connectivity index is 2.45. The highest BCUT2D eigenvalue weighted by Crippen LogP contribution is 2.34. The van der Waals surface area contributed by atoms with Crippen LogP contribution in [0.1, 0.15) is 39.5 Å². The van der Waals surface area contributed by atoms with Crippen molar-refractivity contribution in [3.63, 3.8) is 0 Å². The van der Waals surface area contributed by atoms with Crippen LogP contribution in [0.3, 0.4) is 0 Å². The molecular weight excluding hydrogens is 164 g/mol. The van der Waals surface area contributed by atoms with E-state index in [2.05, 4.69) is 6.92 Å². The van der Waals surface area contributed by atoms with Crippen LogP contribution < -0.4 is 0 Å². The van der Waals surface area contributed by atoms with Crippen molar-refractivity contribution in [3.8, 4) is 0 Å². The van der Waals surface area contributed by atoms with E-state index >= 15 is 0 Å². The Hall–Kier alpha value is -0.530. The number of carbonyl (C=O) groups is 1. The highest BCUT2D eigenvalue weighted by atomic mass is 16.5. The zero-order chi connectivity index (χ0) is 9.84. The third kappa shape index (κ3) is 2.71. The predicted octanol–water partition coefficient (Wildman–Crippen LogP) is 2.58. The second-order valence-electron chi connectivity index (χ2n) is 4.07. The second kappa shape index (κ2) is 4.64. The van der Waals surface area contributed by atoms with Crippen LogP contribution in [0.5, 0.6) is 0 Å². The third-order valence-corrected chi connectivity index (χ3v) is 2.68. The van der Waals surface area contributed by atoms with E-state index in [1.165, 1.54) is 0 Å². The van der Waals surface area contributed by atoms with E-state index in [0.717, 1.165) is 25.7 Å². The van der Waals surface area contributed by atoms with Crippen molar-refractivity contribution >= 4 is 5.97 Å². The standard InChI is InChI=1S/C11H19O2/c1-4-9-6-5-7-10(9)11(12)13-8(2)3/h8-10H,1,4-7H2,2-3H3. The van der Waals surface area contributed by atoms with E-state index in [-0.39, 0.29) is 18.0 Å². The average molecular weight is 183 g/mol. The van der Waals surface area contributed by atoms with Gasteiger partial charge in [0.1, 0.15) is 0 Å². The maximum absolute atomic E-state index is 11.6. The van der Waals surface area contributed by atoms with Crippen molar-refractivity contribution in [2.45, 2.75) is 45.6 Å². The molecule has 0 aromatic heterocycles. The molecular formula is C11H19O2. The maximum atomic E-state index is 11.6. The highest BCUT2D eigenvalue weighted by Gasteiger charge is 2.33. The molecule has 2 heteroatoms. The molecule has 1 aliphatic rings. The zero-order valence-electron chi connectivity index (χ0n) is 8.58. The monoisotopic (exact) mass is 183 g/mol. The van der Waals surface area contributed by atoms with Gasteiger partial charge in [-0.05, 0) is 39.0 Å². The van der Waals surface area contributed by atoms with E-state index in [9.17, 15) is 4.79 Å². The molecule has 0 saturated heterocycles. The lowest BCUT2D eigenvalue weighted by molar-refractivity contribution is -0.153. The van der Waals surface area contributed by atoms with E-state index in [1.807, 2.05) is 13.8 Å².